The van der Waals surface area contributed by atoms with Crippen molar-refractivity contribution in [2.45, 2.75) is 91.4 Å². The fourth-order valence-electron chi connectivity index (χ4n) is 4.01. The van der Waals surface area contributed by atoms with E-state index in [-0.39, 0.29) is 41.1 Å². The van der Waals surface area contributed by atoms with E-state index in [1.807, 2.05) is 0 Å². The quantitative estimate of drug-likeness (QED) is 0.153. The third-order valence-electron chi connectivity index (χ3n) is 6.00. The van der Waals surface area contributed by atoms with Crippen molar-refractivity contribution >= 4 is 31.3 Å². The molecule has 2 nitrogen and oxygen atoms in total. The van der Waals surface area contributed by atoms with Gasteiger partial charge >= 0.3 is 40.3 Å². The molecule has 0 aliphatic carbocycles. The topological polar surface area (TPSA) is 26.5 Å². The molecule has 0 aromatic heterocycles. The number of hydrogen-bond donors (Lipinski definition) is 0. The SMILES string of the molecule is CC(C)c1cccc(C(C)C)c1N=C(/C=C(\[N-]c1c(C(C)C)cccc1C(C)C)C(F)(F)F)C(F)(F)F.[Ni][Br]. The molecule has 2 rings (SSSR count). The maximum absolute atomic E-state index is 14.2. The summed E-state index contributed by atoms with van der Waals surface area (Å²) in [5, 5.41) is 3.84. The van der Waals surface area contributed by atoms with Crippen LogP contribution in [-0.2, 0) is 13.7 Å². The summed E-state index contributed by atoms with van der Waals surface area (Å²) in [6, 6.07) is 10.0. The van der Waals surface area contributed by atoms with Gasteiger partial charge in [0.1, 0.15) is 5.71 Å². The van der Waals surface area contributed by atoms with Crippen molar-refractivity contribution in [3.05, 3.63) is 75.7 Å². The van der Waals surface area contributed by atoms with Gasteiger partial charge in [-0.25, -0.2) is 4.99 Å². The molecule has 0 unspecified atom stereocenters. The fraction of sp³-hybridized carbons (Fsp3) is 0.483. The van der Waals surface area contributed by atoms with Crippen LogP contribution in [0.15, 0.2) is 53.2 Å². The molecule has 0 fully saturated rings. The number of alkyl halides is 6. The Balaban J connectivity index is 0.00000371. The van der Waals surface area contributed by atoms with Crippen LogP contribution in [0.2, 0.25) is 0 Å². The van der Waals surface area contributed by atoms with Gasteiger partial charge in [-0.3, -0.25) is 0 Å². The Morgan fingerprint density at radius 3 is 1.36 bits per heavy atom. The van der Waals surface area contributed by atoms with E-state index in [1.54, 1.807) is 91.8 Å². The second kappa shape index (κ2) is 14.7. The van der Waals surface area contributed by atoms with E-state index >= 15 is 0 Å². The Morgan fingerprint density at radius 1 is 0.692 bits per heavy atom. The third-order valence-corrected chi connectivity index (χ3v) is 6.00. The summed E-state index contributed by atoms with van der Waals surface area (Å²) in [6.07, 6.45) is -10.2. The predicted octanol–water partition coefficient (Wildman–Crippen LogP) is 11.8. The van der Waals surface area contributed by atoms with Crippen molar-refractivity contribution < 1.29 is 40.0 Å². The predicted molar refractivity (Wildman–Crippen MR) is 148 cm³/mol. The normalized spacial score (nSPS) is 13.4. The van der Waals surface area contributed by atoms with Gasteiger partial charge in [0, 0.05) is 0 Å². The van der Waals surface area contributed by atoms with Crippen molar-refractivity contribution in [3.63, 3.8) is 0 Å². The van der Waals surface area contributed by atoms with Gasteiger partial charge in [-0.05, 0) is 40.9 Å². The van der Waals surface area contributed by atoms with E-state index in [2.05, 4.69) is 38.2 Å². The van der Waals surface area contributed by atoms with Crippen LogP contribution in [0.25, 0.3) is 5.32 Å². The third kappa shape index (κ3) is 9.66. The summed E-state index contributed by atoms with van der Waals surface area (Å²) >= 11 is 6.25. The van der Waals surface area contributed by atoms with E-state index in [0.29, 0.717) is 22.3 Å². The number of aliphatic imine (C=N–C) groups is 1. The summed E-state index contributed by atoms with van der Waals surface area (Å²) in [5.74, 6) is -0.744. The van der Waals surface area contributed by atoms with Gasteiger partial charge in [-0.15, -0.1) is 5.69 Å². The molecule has 0 atom stereocenters. The molecule has 0 bridgehead atoms. The van der Waals surface area contributed by atoms with Gasteiger partial charge in [0.25, 0.3) is 0 Å². The zero-order chi connectivity index (χ0) is 30.3. The van der Waals surface area contributed by atoms with Crippen molar-refractivity contribution in [1.29, 1.82) is 0 Å². The molecule has 0 saturated heterocycles. The Bertz CT molecular complexity index is 1100. The number of allylic oxidation sites excluding steroid dienone is 2. The molecule has 2 aromatic carbocycles. The molecule has 0 heterocycles. The molecule has 0 aliphatic heterocycles. The van der Waals surface area contributed by atoms with Crippen molar-refractivity contribution in [3.8, 4) is 0 Å². The zero-order valence-corrected chi connectivity index (χ0v) is 25.8. The van der Waals surface area contributed by atoms with Gasteiger partial charge in [0.15, 0.2) is 0 Å². The van der Waals surface area contributed by atoms with Gasteiger partial charge in [-0.1, -0.05) is 109 Å². The van der Waals surface area contributed by atoms with Crippen LogP contribution >= 0.6 is 14.2 Å². The van der Waals surface area contributed by atoms with E-state index < -0.39 is 23.8 Å². The summed E-state index contributed by atoms with van der Waals surface area (Å²) in [7, 11) is 0. The molecule has 0 amide bonds. The molecule has 0 spiro atoms. The molecule has 221 valence electrons. The Kier molecular flexibility index (Phi) is 13.3. The van der Waals surface area contributed by atoms with Crippen LogP contribution in [0.1, 0.15) is 101 Å². The number of nitrogens with zero attached hydrogens (tertiary/aromatic N) is 2. The molecule has 10 heteroatoms. The second-order valence-corrected chi connectivity index (χ2v) is 10.3. The van der Waals surface area contributed by atoms with Crippen LogP contribution in [0.4, 0.5) is 37.7 Å². The minimum absolute atomic E-state index is 0.0302. The first-order valence-corrected chi connectivity index (χ1v) is 14.9. The molecular formula is C29H35BrF6N2Ni-. The summed E-state index contributed by atoms with van der Waals surface area (Å²) < 4.78 is 85.1. The Labute approximate surface area is 242 Å². The van der Waals surface area contributed by atoms with Crippen LogP contribution in [-0.4, -0.2) is 18.1 Å². The van der Waals surface area contributed by atoms with E-state index in [0.717, 1.165) is 0 Å². The van der Waals surface area contributed by atoms with E-state index in [4.69, 9.17) is 0 Å². The van der Waals surface area contributed by atoms with Gasteiger partial charge in [-0.2, -0.15) is 26.3 Å². The zero-order valence-electron chi connectivity index (χ0n) is 23.2. The molecule has 2 aromatic rings. The number of hydrogen-bond acceptors (Lipinski definition) is 1. The summed E-state index contributed by atoms with van der Waals surface area (Å²) in [6.45, 7) is 14.4. The van der Waals surface area contributed by atoms with Crippen molar-refractivity contribution in [2.75, 3.05) is 0 Å². The van der Waals surface area contributed by atoms with Gasteiger partial charge < -0.3 is 5.32 Å². The number of benzene rings is 2. The minimum atomic E-state index is -5.14. The Morgan fingerprint density at radius 2 is 1.05 bits per heavy atom. The van der Waals surface area contributed by atoms with Crippen LogP contribution in [0, 0.1) is 0 Å². The average molecular weight is 664 g/mol. The number of halogens is 7. The second-order valence-electron chi connectivity index (χ2n) is 10.3. The van der Waals surface area contributed by atoms with Crippen LogP contribution in [0.5, 0.6) is 0 Å². The molecule has 0 aliphatic rings. The van der Waals surface area contributed by atoms with Gasteiger partial charge in [0.05, 0.1) is 5.69 Å². The standard InChI is InChI=1S/C29H35F6N2.BrH.Ni/c1-16(2)20-11-9-12-21(17(3)4)26(20)36-24(28(30,31)32)15-25(29(33,34)35)37-27-22(18(5)6)13-10-14-23(27)19(7)8;;/h9-19H,1-8H3;1H;/q-1;;+1/p-1/b24-15-,37-25?;;. The number of para-hydroxylation sites is 2. The average Bonchev–Trinajstić information content (AvgIpc) is 2.82. The maximum atomic E-state index is 14.2. The monoisotopic (exact) mass is 662 g/mol. The van der Waals surface area contributed by atoms with E-state index in [1.165, 1.54) is 0 Å². The number of rotatable bonds is 8. The molecular weight excluding hydrogens is 629 g/mol. The first-order valence-electron chi connectivity index (χ1n) is 12.5. The van der Waals surface area contributed by atoms with E-state index in [9.17, 15) is 26.3 Å². The van der Waals surface area contributed by atoms with Crippen molar-refractivity contribution in [1.82, 2.24) is 0 Å². The van der Waals surface area contributed by atoms with Crippen LogP contribution in [0.3, 0.4) is 0 Å². The molecule has 0 radical (unpaired) electrons. The van der Waals surface area contributed by atoms with Crippen molar-refractivity contribution in [2.24, 2.45) is 4.99 Å². The molecule has 0 saturated carbocycles. The molecule has 0 N–H and O–H groups in total. The van der Waals surface area contributed by atoms with Crippen LogP contribution < -0.4 is 0 Å². The first kappa shape index (κ1) is 35.2. The van der Waals surface area contributed by atoms with Gasteiger partial charge in [0.2, 0.25) is 0 Å². The summed E-state index contributed by atoms with van der Waals surface area (Å²) in [4.78, 5) is 3.84. The Hall–Kier alpha value is -1.80. The fourth-order valence-corrected chi connectivity index (χ4v) is 4.01. The first-order chi connectivity index (χ1) is 17.9. The summed E-state index contributed by atoms with van der Waals surface area (Å²) in [5.41, 5.74) is -1.10. The molecule has 39 heavy (non-hydrogen) atoms.